The summed E-state index contributed by atoms with van der Waals surface area (Å²) in [5.74, 6) is 5.07. The zero-order chi connectivity index (χ0) is 14.1. The first-order chi connectivity index (χ1) is 9.70. The molecule has 4 nitrogen and oxygen atoms in total. The number of benzene rings is 1. The average molecular weight is 287 g/mol. The highest BCUT2D eigenvalue weighted by Crippen LogP contribution is 2.39. The van der Waals surface area contributed by atoms with Gasteiger partial charge in [-0.2, -0.15) is 5.90 Å². The molecule has 20 heavy (non-hydrogen) atoms. The van der Waals surface area contributed by atoms with Crippen molar-refractivity contribution < 1.29 is 14.7 Å². The molecule has 1 aliphatic carbocycles. The van der Waals surface area contributed by atoms with Gasteiger partial charge in [-0.25, -0.2) is 4.79 Å². The minimum Gasteiger partial charge on any atom is -0.477 e. The Labute approximate surface area is 120 Å². The van der Waals surface area contributed by atoms with E-state index in [1.165, 1.54) is 16.9 Å². The van der Waals surface area contributed by atoms with E-state index in [1.54, 1.807) is 12.1 Å². The third-order valence-electron chi connectivity index (χ3n) is 3.42. The van der Waals surface area contributed by atoms with Crippen LogP contribution in [0.15, 0.2) is 36.4 Å². The molecule has 3 rings (SSSR count). The van der Waals surface area contributed by atoms with E-state index in [0.717, 1.165) is 28.9 Å². The second-order valence-corrected chi connectivity index (χ2v) is 5.64. The molecule has 0 fully saturated rings. The van der Waals surface area contributed by atoms with E-state index in [4.69, 9.17) is 15.8 Å². The Morgan fingerprint density at radius 1 is 1.15 bits per heavy atom. The molecule has 3 N–H and O–H groups in total. The molecule has 102 valence electrons. The van der Waals surface area contributed by atoms with E-state index in [2.05, 4.69) is 6.07 Å². The van der Waals surface area contributed by atoms with E-state index in [0.29, 0.717) is 5.76 Å². The summed E-state index contributed by atoms with van der Waals surface area (Å²) < 4.78 is 0. The van der Waals surface area contributed by atoms with Gasteiger partial charge in [0.15, 0.2) is 5.76 Å². The lowest BCUT2D eigenvalue weighted by Crippen LogP contribution is -2.00. The first kappa shape index (κ1) is 12.9. The van der Waals surface area contributed by atoms with Gasteiger partial charge in [0, 0.05) is 5.57 Å². The Balaban J connectivity index is 2.09. The lowest BCUT2D eigenvalue weighted by molar-refractivity contribution is 0.0702. The number of allylic oxidation sites excluding steroid dienone is 1. The molecule has 0 unspecified atom stereocenters. The van der Waals surface area contributed by atoms with Crippen LogP contribution in [0.1, 0.15) is 32.1 Å². The molecular weight excluding hydrogens is 274 g/mol. The number of fused-ring (bicyclic) bond motifs is 1. The van der Waals surface area contributed by atoms with Crippen molar-refractivity contribution in [1.82, 2.24) is 0 Å². The number of hydrogen-bond donors (Lipinski definition) is 2. The average Bonchev–Trinajstić information content (AvgIpc) is 3.08. The van der Waals surface area contributed by atoms with Crippen LogP contribution in [-0.4, -0.2) is 11.1 Å². The summed E-state index contributed by atoms with van der Waals surface area (Å²) in [6, 6.07) is 11.4. The summed E-state index contributed by atoms with van der Waals surface area (Å²) in [4.78, 5) is 17.1. The van der Waals surface area contributed by atoms with Gasteiger partial charge in [0.25, 0.3) is 0 Å². The zero-order valence-electron chi connectivity index (χ0n) is 10.6. The molecule has 0 amide bonds. The van der Waals surface area contributed by atoms with Crippen LogP contribution >= 0.6 is 11.3 Å². The third kappa shape index (κ3) is 2.11. The second kappa shape index (κ2) is 5.11. The van der Waals surface area contributed by atoms with E-state index in [-0.39, 0.29) is 4.88 Å². The number of nitrogens with two attached hydrogens (primary N) is 1. The monoisotopic (exact) mass is 287 g/mol. The van der Waals surface area contributed by atoms with E-state index in [9.17, 15) is 4.79 Å². The minimum atomic E-state index is -0.936. The zero-order valence-corrected chi connectivity index (χ0v) is 11.4. The molecule has 0 atom stereocenters. The quantitative estimate of drug-likeness (QED) is 0.672. The number of hydrogen-bond acceptors (Lipinski definition) is 4. The Hall–Kier alpha value is -2.11. The normalized spacial score (nSPS) is 15.8. The van der Waals surface area contributed by atoms with Gasteiger partial charge in [-0.15, -0.1) is 11.3 Å². The van der Waals surface area contributed by atoms with Gasteiger partial charge >= 0.3 is 5.97 Å². The first-order valence-electron chi connectivity index (χ1n) is 6.22. The fourth-order valence-corrected chi connectivity index (χ4v) is 3.38. The summed E-state index contributed by atoms with van der Waals surface area (Å²) >= 11 is 1.17. The smallest absolute Gasteiger partial charge is 0.345 e. The van der Waals surface area contributed by atoms with Crippen molar-refractivity contribution in [3.8, 4) is 0 Å². The maximum Gasteiger partial charge on any atom is 0.345 e. The summed E-state index contributed by atoms with van der Waals surface area (Å²) in [6.45, 7) is 0. The molecule has 0 spiro atoms. The molecule has 5 heteroatoms. The number of aromatic carboxylic acids is 1. The van der Waals surface area contributed by atoms with Gasteiger partial charge in [0.2, 0.25) is 0 Å². The Morgan fingerprint density at radius 3 is 2.60 bits per heavy atom. The van der Waals surface area contributed by atoms with Crippen LogP contribution in [0.3, 0.4) is 0 Å². The molecule has 1 aromatic heterocycles. The summed E-state index contributed by atoms with van der Waals surface area (Å²) in [7, 11) is 0. The predicted octanol–water partition coefficient (Wildman–Crippen LogP) is 3.15. The maximum absolute atomic E-state index is 11.0. The molecule has 0 radical (unpaired) electrons. The van der Waals surface area contributed by atoms with Crippen molar-refractivity contribution in [1.29, 1.82) is 0 Å². The Kier molecular flexibility index (Phi) is 3.30. The van der Waals surface area contributed by atoms with Crippen molar-refractivity contribution in [3.63, 3.8) is 0 Å². The summed E-state index contributed by atoms with van der Waals surface area (Å²) in [5.41, 5.74) is 3.45. The second-order valence-electron chi connectivity index (χ2n) is 4.55. The van der Waals surface area contributed by atoms with Crippen molar-refractivity contribution in [2.75, 3.05) is 0 Å². The number of rotatable bonds is 3. The number of carboxylic acid groups (broad SMARTS) is 1. The van der Waals surface area contributed by atoms with Crippen LogP contribution < -0.4 is 5.90 Å². The van der Waals surface area contributed by atoms with Crippen molar-refractivity contribution in [2.24, 2.45) is 5.90 Å². The molecule has 0 saturated heterocycles. The number of carboxylic acids is 1. The highest BCUT2D eigenvalue weighted by molar-refractivity contribution is 7.15. The maximum atomic E-state index is 11.0. The van der Waals surface area contributed by atoms with Crippen LogP contribution in [0.5, 0.6) is 0 Å². The largest absolute Gasteiger partial charge is 0.477 e. The lowest BCUT2D eigenvalue weighted by atomic mass is 10.1. The van der Waals surface area contributed by atoms with Crippen molar-refractivity contribution in [2.45, 2.75) is 12.8 Å². The van der Waals surface area contributed by atoms with Gasteiger partial charge in [-0.1, -0.05) is 24.3 Å². The fourth-order valence-electron chi connectivity index (χ4n) is 2.52. The Morgan fingerprint density at radius 2 is 1.90 bits per heavy atom. The molecule has 1 heterocycles. The highest BCUT2D eigenvalue weighted by atomic mass is 32.1. The molecule has 1 aliphatic rings. The number of carbonyl (C=O) groups is 1. The third-order valence-corrected chi connectivity index (χ3v) is 4.49. The van der Waals surface area contributed by atoms with Gasteiger partial charge in [0.05, 0.1) is 4.88 Å². The molecule has 2 aromatic rings. The first-order valence-corrected chi connectivity index (χ1v) is 7.04. The van der Waals surface area contributed by atoms with Crippen molar-refractivity contribution >= 4 is 28.6 Å². The van der Waals surface area contributed by atoms with E-state index < -0.39 is 5.97 Å². The molecule has 0 bridgehead atoms. The fraction of sp³-hybridized carbons (Fsp3) is 0.133. The van der Waals surface area contributed by atoms with E-state index in [1.807, 2.05) is 18.2 Å². The van der Waals surface area contributed by atoms with Gasteiger partial charge < -0.3 is 9.94 Å². The molecule has 1 aromatic carbocycles. The SMILES string of the molecule is NOC(=C1CCc2ccccc21)c1ccc(C(=O)O)s1. The minimum absolute atomic E-state index is 0.279. The molecular formula is C15H13NO3S. The van der Waals surface area contributed by atoms with Crippen LogP contribution in [-0.2, 0) is 11.3 Å². The van der Waals surface area contributed by atoms with E-state index >= 15 is 0 Å². The number of aryl methyl sites for hydroxylation is 1. The van der Waals surface area contributed by atoms with Gasteiger partial charge in [-0.3, -0.25) is 0 Å². The highest BCUT2D eigenvalue weighted by Gasteiger charge is 2.22. The topological polar surface area (TPSA) is 72.5 Å². The van der Waals surface area contributed by atoms with Crippen LogP contribution in [0, 0.1) is 0 Å². The summed E-state index contributed by atoms with van der Waals surface area (Å²) in [6.07, 6.45) is 1.81. The standard InChI is InChI=1S/C15H13NO3S/c16-19-14(12-7-8-13(20-12)15(17)18)11-6-5-9-3-1-2-4-10(9)11/h1-4,7-8H,5-6,16H2,(H,17,18). The molecule has 0 aliphatic heterocycles. The van der Waals surface area contributed by atoms with Gasteiger partial charge in [0.1, 0.15) is 4.88 Å². The van der Waals surface area contributed by atoms with Crippen LogP contribution in [0.2, 0.25) is 0 Å². The van der Waals surface area contributed by atoms with Gasteiger partial charge in [-0.05, 0) is 36.1 Å². The Bertz CT molecular complexity index is 703. The van der Waals surface area contributed by atoms with Crippen molar-refractivity contribution in [3.05, 3.63) is 57.3 Å². The molecule has 0 saturated carbocycles. The summed E-state index contributed by atoms with van der Waals surface area (Å²) in [5, 5.41) is 9.00. The van der Waals surface area contributed by atoms with Crippen LogP contribution in [0.25, 0.3) is 11.3 Å². The predicted molar refractivity (Wildman–Crippen MR) is 78.1 cm³/mol. The van der Waals surface area contributed by atoms with Crippen LogP contribution in [0.4, 0.5) is 0 Å². The lowest BCUT2D eigenvalue weighted by Gasteiger charge is -2.08. The number of thiophene rings is 1.